The zero-order valence-corrected chi connectivity index (χ0v) is 16.9. The van der Waals surface area contributed by atoms with Crippen molar-refractivity contribution in [2.24, 2.45) is 5.92 Å². The minimum atomic E-state index is -0.594. The molecule has 0 aromatic heterocycles. The monoisotopic (exact) mass is 374 g/mol. The Bertz CT molecular complexity index is 683. The van der Waals surface area contributed by atoms with Gasteiger partial charge < -0.3 is 14.5 Å². The van der Waals surface area contributed by atoms with Gasteiger partial charge in [0.2, 0.25) is 5.91 Å². The summed E-state index contributed by atoms with van der Waals surface area (Å²) in [5.41, 5.74) is 1.26. The Labute approximate surface area is 161 Å². The van der Waals surface area contributed by atoms with Crippen LogP contribution in [-0.2, 0) is 9.53 Å². The third kappa shape index (κ3) is 6.08. The van der Waals surface area contributed by atoms with E-state index in [9.17, 15) is 14.4 Å². The van der Waals surface area contributed by atoms with Crippen LogP contribution in [0.2, 0.25) is 0 Å². The number of hydrogen-bond acceptors (Lipinski definition) is 4. The summed E-state index contributed by atoms with van der Waals surface area (Å²) in [6, 6.07) is 7.62. The number of ether oxygens (including phenoxy) is 1. The maximum absolute atomic E-state index is 12.6. The van der Waals surface area contributed by atoms with Crippen molar-refractivity contribution in [2.45, 2.75) is 46.1 Å². The van der Waals surface area contributed by atoms with Gasteiger partial charge in [0.25, 0.3) is 0 Å². The van der Waals surface area contributed by atoms with Crippen molar-refractivity contribution in [3.05, 3.63) is 35.4 Å². The fourth-order valence-corrected chi connectivity index (χ4v) is 3.05. The predicted molar refractivity (Wildman–Crippen MR) is 104 cm³/mol. The van der Waals surface area contributed by atoms with E-state index in [2.05, 4.69) is 0 Å². The summed E-state index contributed by atoms with van der Waals surface area (Å²) < 4.78 is 5.27. The number of hydrogen-bond donors (Lipinski definition) is 0. The lowest BCUT2D eigenvalue weighted by molar-refractivity contribution is -0.133. The first kappa shape index (κ1) is 20.9. The lowest BCUT2D eigenvalue weighted by atomic mass is 9.88. The largest absolute Gasteiger partial charge is 0.444 e. The molecular formula is C21H30N2O4. The van der Waals surface area contributed by atoms with E-state index in [1.165, 1.54) is 4.90 Å². The van der Waals surface area contributed by atoms with Crippen molar-refractivity contribution in [3.8, 4) is 0 Å². The molecule has 0 saturated carbocycles. The number of likely N-dealkylation sites (N-methyl/N-ethyl adjacent to an activating group) is 1. The van der Waals surface area contributed by atoms with Gasteiger partial charge in [-0.2, -0.15) is 0 Å². The predicted octanol–water partition coefficient (Wildman–Crippen LogP) is 3.28. The Hall–Kier alpha value is -2.37. The van der Waals surface area contributed by atoms with Gasteiger partial charge in [-0.1, -0.05) is 29.8 Å². The third-order valence-electron chi connectivity index (χ3n) is 4.63. The topological polar surface area (TPSA) is 66.9 Å². The SMILES string of the molecule is Cc1ccc(C(=O)C2CCN(C(=O)CN(C)C(=O)OC(C)(C)C)CC2)cc1. The van der Waals surface area contributed by atoms with E-state index in [1.54, 1.807) is 32.7 Å². The van der Waals surface area contributed by atoms with Crippen molar-refractivity contribution < 1.29 is 19.1 Å². The average Bonchev–Trinajstić information content (AvgIpc) is 2.60. The van der Waals surface area contributed by atoms with Crippen molar-refractivity contribution >= 4 is 17.8 Å². The molecule has 1 fully saturated rings. The molecule has 1 aromatic carbocycles. The normalized spacial score (nSPS) is 15.4. The molecule has 0 radical (unpaired) electrons. The third-order valence-corrected chi connectivity index (χ3v) is 4.63. The Morgan fingerprint density at radius 1 is 1.11 bits per heavy atom. The molecule has 1 saturated heterocycles. The molecular weight excluding hydrogens is 344 g/mol. The maximum Gasteiger partial charge on any atom is 0.410 e. The van der Waals surface area contributed by atoms with Crippen LogP contribution < -0.4 is 0 Å². The van der Waals surface area contributed by atoms with E-state index in [0.29, 0.717) is 25.9 Å². The summed E-state index contributed by atoms with van der Waals surface area (Å²) in [7, 11) is 1.56. The molecule has 148 valence electrons. The zero-order chi connectivity index (χ0) is 20.2. The van der Waals surface area contributed by atoms with Crippen LogP contribution in [0.4, 0.5) is 4.79 Å². The number of carbonyl (C=O) groups is 3. The molecule has 6 heteroatoms. The molecule has 1 aliphatic rings. The molecule has 1 aliphatic heterocycles. The quantitative estimate of drug-likeness (QED) is 0.759. The van der Waals surface area contributed by atoms with E-state index in [0.717, 1.165) is 11.1 Å². The number of rotatable bonds is 4. The molecule has 0 aliphatic carbocycles. The van der Waals surface area contributed by atoms with Crippen LogP contribution in [-0.4, -0.2) is 59.9 Å². The van der Waals surface area contributed by atoms with Gasteiger partial charge in [0.1, 0.15) is 12.1 Å². The van der Waals surface area contributed by atoms with E-state index < -0.39 is 11.7 Å². The summed E-state index contributed by atoms with van der Waals surface area (Å²) in [6.45, 7) is 8.40. The van der Waals surface area contributed by atoms with Crippen LogP contribution in [0.1, 0.15) is 49.5 Å². The van der Waals surface area contributed by atoms with Gasteiger partial charge in [0, 0.05) is 31.6 Å². The van der Waals surface area contributed by atoms with Gasteiger partial charge in [-0.25, -0.2) is 4.79 Å². The molecule has 1 heterocycles. The highest BCUT2D eigenvalue weighted by molar-refractivity contribution is 5.98. The van der Waals surface area contributed by atoms with E-state index in [-0.39, 0.29) is 24.2 Å². The second-order valence-corrected chi connectivity index (χ2v) is 8.22. The first-order valence-corrected chi connectivity index (χ1v) is 9.39. The smallest absolute Gasteiger partial charge is 0.410 e. The van der Waals surface area contributed by atoms with Gasteiger partial charge in [0.15, 0.2) is 5.78 Å². The van der Waals surface area contributed by atoms with Gasteiger partial charge >= 0.3 is 6.09 Å². The summed E-state index contributed by atoms with van der Waals surface area (Å²) in [5, 5.41) is 0. The van der Waals surface area contributed by atoms with Crippen LogP contribution in [0.25, 0.3) is 0 Å². The van der Waals surface area contributed by atoms with Crippen molar-refractivity contribution in [1.29, 1.82) is 0 Å². The van der Waals surface area contributed by atoms with Crippen LogP contribution in [0.3, 0.4) is 0 Å². The van der Waals surface area contributed by atoms with Gasteiger partial charge in [0.05, 0.1) is 0 Å². The number of ketones is 1. The Kier molecular flexibility index (Phi) is 6.63. The summed E-state index contributed by atoms with van der Waals surface area (Å²) in [5.74, 6) is -0.0297. The number of benzene rings is 1. The molecule has 0 N–H and O–H groups in total. The number of Topliss-reactive ketones (excluding diaryl/α,β-unsaturated/α-hetero) is 1. The van der Waals surface area contributed by atoms with Crippen LogP contribution in [0.15, 0.2) is 24.3 Å². The highest BCUT2D eigenvalue weighted by Crippen LogP contribution is 2.22. The average molecular weight is 374 g/mol. The molecule has 0 unspecified atom stereocenters. The number of aryl methyl sites for hydroxylation is 1. The minimum absolute atomic E-state index is 0.0223. The number of carbonyl (C=O) groups excluding carboxylic acids is 3. The molecule has 0 atom stereocenters. The number of nitrogens with zero attached hydrogens (tertiary/aromatic N) is 2. The Morgan fingerprint density at radius 3 is 2.19 bits per heavy atom. The van der Waals surface area contributed by atoms with Crippen LogP contribution in [0.5, 0.6) is 0 Å². The van der Waals surface area contributed by atoms with Crippen LogP contribution in [0, 0.1) is 12.8 Å². The van der Waals surface area contributed by atoms with Gasteiger partial charge in [-0.15, -0.1) is 0 Å². The minimum Gasteiger partial charge on any atom is -0.444 e. The lowest BCUT2D eigenvalue weighted by Crippen LogP contribution is -2.46. The highest BCUT2D eigenvalue weighted by Gasteiger charge is 2.29. The fraction of sp³-hybridized carbons (Fsp3) is 0.571. The Morgan fingerprint density at radius 2 is 1.67 bits per heavy atom. The molecule has 0 spiro atoms. The van der Waals surface area contributed by atoms with Gasteiger partial charge in [-0.3, -0.25) is 9.59 Å². The van der Waals surface area contributed by atoms with Crippen molar-refractivity contribution in [2.75, 3.05) is 26.7 Å². The van der Waals surface area contributed by atoms with Crippen LogP contribution >= 0.6 is 0 Å². The Balaban J connectivity index is 1.84. The maximum atomic E-state index is 12.6. The molecule has 27 heavy (non-hydrogen) atoms. The van der Waals surface area contributed by atoms with Gasteiger partial charge in [-0.05, 0) is 40.5 Å². The summed E-state index contributed by atoms with van der Waals surface area (Å²) in [4.78, 5) is 40.1. The summed E-state index contributed by atoms with van der Waals surface area (Å²) in [6.07, 6.45) is 0.781. The van der Waals surface area contributed by atoms with Crippen molar-refractivity contribution in [1.82, 2.24) is 9.80 Å². The second-order valence-electron chi connectivity index (χ2n) is 8.22. The van der Waals surface area contributed by atoms with E-state index in [1.807, 2.05) is 31.2 Å². The standard InChI is InChI=1S/C21H30N2O4/c1-15-6-8-16(9-7-15)19(25)17-10-12-23(13-11-17)18(24)14-22(5)20(26)27-21(2,3)4/h6-9,17H,10-14H2,1-5H3. The molecule has 2 rings (SSSR count). The zero-order valence-electron chi connectivity index (χ0n) is 16.9. The van der Waals surface area contributed by atoms with E-state index >= 15 is 0 Å². The fourth-order valence-electron chi connectivity index (χ4n) is 3.05. The molecule has 2 amide bonds. The summed E-state index contributed by atoms with van der Waals surface area (Å²) >= 11 is 0. The first-order chi connectivity index (χ1) is 12.6. The number of piperidine rings is 1. The number of likely N-dealkylation sites (tertiary alicyclic amines) is 1. The number of amides is 2. The molecule has 1 aromatic rings. The first-order valence-electron chi connectivity index (χ1n) is 9.39. The second kappa shape index (κ2) is 8.55. The molecule has 0 bridgehead atoms. The van der Waals surface area contributed by atoms with E-state index in [4.69, 9.17) is 4.74 Å². The highest BCUT2D eigenvalue weighted by atomic mass is 16.6. The molecule has 6 nitrogen and oxygen atoms in total. The van der Waals surface area contributed by atoms with Crippen molar-refractivity contribution in [3.63, 3.8) is 0 Å². The lowest BCUT2D eigenvalue weighted by Gasteiger charge is -2.32.